The first-order valence-electron chi connectivity index (χ1n) is 11.1. The van der Waals surface area contributed by atoms with Crippen molar-refractivity contribution in [2.75, 3.05) is 11.8 Å². The van der Waals surface area contributed by atoms with Gasteiger partial charge >= 0.3 is 16.4 Å². The molecule has 0 unspecified atom stereocenters. The minimum absolute atomic E-state index is 0.0359. The van der Waals surface area contributed by atoms with Crippen LogP contribution in [0.25, 0.3) is 0 Å². The first kappa shape index (κ1) is 28.6. The van der Waals surface area contributed by atoms with Crippen molar-refractivity contribution >= 4 is 33.9 Å². The van der Waals surface area contributed by atoms with E-state index in [1.807, 2.05) is 22.9 Å². The van der Waals surface area contributed by atoms with Crippen LogP contribution in [0.1, 0.15) is 31.9 Å². The Morgan fingerprint density at radius 1 is 1.00 bits per heavy atom. The number of carbonyl (C=O) groups excluding carboxylic acids is 3. The lowest BCUT2D eigenvalue weighted by Gasteiger charge is -2.30. The maximum atomic E-state index is 13.4. The molecule has 0 heterocycles. The van der Waals surface area contributed by atoms with E-state index in [-0.39, 0.29) is 18.5 Å². The number of benzene rings is 2. The number of amides is 3. The van der Waals surface area contributed by atoms with E-state index in [0.29, 0.717) is 5.56 Å². The Hall–Kier alpha value is -3.64. The number of nitrogens with two attached hydrogens (primary N) is 1. The molecular formula is C24H32N4O7S. The molecule has 0 fully saturated rings. The minimum Gasteiger partial charge on any atom is -0.444 e. The van der Waals surface area contributed by atoms with Crippen LogP contribution in [0.2, 0.25) is 0 Å². The van der Waals surface area contributed by atoms with E-state index in [1.54, 1.807) is 32.9 Å². The average molecular weight is 521 g/mol. The number of likely N-dealkylation sites (N-methyl/N-ethyl adjacent to an activating group) is 1. The standard InChI is InChI=1S/C24H32N4O7S/c1-24(2,3)35-23(31)26-19(14-16-8-6-5-7-9-16)22(30)28(4)20(21(25)29)15-17-10-12-18(13-11-17)27-36(32,33)34/h5-13,19-20,27H,14-15H2,1-4H3,(H2,25,29)(H,26,31)(H,32,33,34)/t19-,20-/m0/s1. The molecule has 0 aliphatic rings. The SMILES string of the molecule is CN(C(=O)[C@H](Cc1ccccc1)NC(=O)OC(C)(C)C)[C@@H](Cc1ccc(NS(=O)(=O)O)cc1)C(N)=O. The van der Waals surface area contributed by atoms with Crippen LogP contribution in [-0.4, -0.2) is 60.5 Å². The summed E-state index contributed by atoms with van der Waals surface area (Å²) in [6, 6.07) is 12.8. The molecule has 0 saturated heterocycles. The van der Waals surface area contributed by atoms with Gasteiger partial charge in [0.15, 0.2) is 0 Å². The van der Waals surface area contributed by atoms with Gasteiger partial charge in [0.1, 0.15) is 17.7 Å². The third kappa shape index (κ3) is 9.55. The number of carbonyl (C=O) groups is 3. The molecule has 0 aromatic heterocycles. The summed E-state index contributed by atoms with van der Waals surface area (Å²) in [4.78, 5) is 39.4. The van der Waals surface area contributed by atoms with Crippen LogP contribution in [0, 0.1) is 0 Å². The quantitative estimate of drug-likeness (QED) is 0.347. The van der Waals surface area contributed by atoms with Crippen LogP contribution >= 0.6 is 0 Å². The molecule has 0 radical (unpaired) electrons. The number of primary amides is 1. The van der Waals surface area contributed by atoms with Gasteiger partial charge in [0.05, 0.1) is 5.69 Å². The zero-order chi connectivity index (χ0) is 27.1. The molecule has 2 rings (SSSR count). The highest BCUT2D eigenvalue weighted by atomic mass is 32.2. The molecule has 0 aliphatic carbocycles. The van der Waals surface area contributed by atoms with Gasteiger partial charge in [-0.1, -0.05) is 42.5 Å². The Morgan fingerprint density at radius 2 is 1.56 bits per heavy atom. The Morgan fingerprint density at radius 3 is 2.06 bits per heavy atom. The maximum Gasteiger partial charge on any atom is 0.408 e. The van der Waals surface area contributed by atoms with Crippen LogP contribution in [0.5, 0.6) is 0 Å². The monoisotopic (exact) mass is 520 g/mol. The summed E-state index contributed by atoms with van der Waals surface area (Å²) in [5.74, 6) is -1.31. The molecule has 36 heavy (non-hydrogen) atoms. The molecule has 11 nitrogen and oxygen atoms in total. The average Bonchev–Trinajstić information content (AvgIpc) is 2.75. The van der Waals surface area contributed by atoms with E-state index in [2.05, 4.69) is 5.32 Å². The fourth-order valence-electron chi connectivity index (χ4n) is 3.41. The van der Waals surface area contributed by atoms with Crippen molar-refractivity contribution < 1.29 is 32.1 Å². The highest BCUT2D eigenvalue weighted by molar-refractivity contribution is 7.87. The van der Waals surface area contributed by atoms with Gasteiger partial charge in [0.2, 0.25) is 11.8 Å². The van der Waals surface area contributed by atoms with Gasteiger partial charge in [-0.25, -0.2) is 4.79 Å². The van der Waals surface area contributed by atoms with Crippen LogP contribution in [0.3, 0.4) is 0 Å². The Kier molecular flexibility index (Phi) is 9.42. The number of hydrogen-bond donors (Lipinski definition) is 4. The van der Waals surface area contributed by atoms with Gasteiger partial charge in [-0.05, 0) is 44.0 Å². The topological polar surface area (TPSA) is 168 Å². The van der Waals surface area contributed by atoms with E-state index in [9.17, 15) is 22.8 Å². The molecule has 3 amide bonds. The predicted molar refractivity (Wildman–Crippen MR) is 134 cm³/mol. The summed E-state index contributed by atoms with van der Waals surface area (Å²) < 4.78 is 38.0. The van der Waals surface area contributed by atoms with Crippen molar-refractivity contribution in [1.29, 1.82) is 0 Å². The van der Waals surface area contributed by atoms with Crippen molar-refractivity contribution in [2.45, 2.75) is 51.3 Å². The van der Waals surface area contributed by atoms with Crippen LogP contribution in [0.15, 0.2) is 54.6 Å². The molecule has 2 atom stereocenters. The number of nitrogens with zero attached hydrogens (tertiary/aromatic N) is 1. The second-order valence-electron chi connectivity index (χ2n) is 9.23. The molecule has 0 bridgehead atoms. The predicted octanol–water partition coefficient (Wildman–Crippen LogP) is 1.89. The number of anilines is 1. The normalized spacial score (nSPS) is 13.2. The molecule has 12 heteroatoms. The molecule has 5 N–H and O–H groups in total. The Labute approximate surface area is 210 Å². The lowest BCUT2D eigenvalue weighted by Crippen LogP contribution is -2.55. The fourth-order valence-corrected chi connectivity index (χ4v) is 3.84. The highest BCUT2D eigenvalue weighted by Crippen LogP contribution is 2.16. The minimum atomic E-state index is -4.43. The second kappa shape index (κ2) is 11.9. The number of alkyl carbamates (subject to hydrolysis) is 1. The fraction of sp³-hybridized carbons (Fsp3) is 0.375. The van der Waals surface area contributed by atoms with Gasteiger partial charge in [-0.3, -0.25) is 18.9 Å². The summed E-state index contributed by atoms with van der Waals surface area (Å²) in [7, 11) is -3.01. The Balaban J connectivity index is 2.23. The van der Waals surface area contributed by atoms with E-state index in [4.69, 9.17) is 15.0 Å². The molecule has 2 aromatic carbocycles. The molecule has 0 saturated carbocycles. The number of rotatable bonds is 10. The lowest BCUT2D eigenvalue weighted by molar-refractivity contribution is -0.139. The summed E-state index contributed by atoms with van der Waals surface area (Å²) >= 11 is 0. The lowest BCUT2D eigenvalue weighted by atomic mass is 10.0. The van der Waals surface area contributed by atoms with Gasteiger partial charge in [-0.15, -0.1) is 0 Å². The third-order valence-corrected chi connectivity index (χ3v) is 5.54. The number of ether oxygens (including phenoxy) is 1. The second-order valence-corrected chi connectivity index (χ2v) is 10.4. The van der Waals surface area contributed by atoms with Crippen LogP contribution in [0.4, 0.5) is 10.5 Å². The zero-order valence-electron chi connectivity index (χ0n) is 20.6. The zero-order valence-corrected chi connectivity index (χ0v) is 21.4. The Bertz CT molecular complexity index is 1160. The van der Waals surface area contributed by atoms with Gasteiger partial charge < -0.3 is 20.7 Å². The van der Waals surface area contributed by atoms with Crippen molar-refractivity contribution in [2.24, 2.45) is 5.73 Å². The van der Waals surface area contributed by atoms with Crippen LogP contribution < -0.4 is 15.8 Å². The third-order valence-electron chi connectivity index (χ3n) is 5.05. The summed E-state index contributed by atoms with van der Waals surface area (Å²) in [6.07, 6.45) is -0.582. The largest absolute Gasteiger partial charge is 0.444 e. The molecule has 2 aromatic rings. The van der Waals surface area contributed by atoms with E-state index in [0.717, 1.165) is 5.56 Å². The van der Waals surface area contributed by atoms with Crippen molar-refractivity contribution in [3.05, 3.63) is 65.7 Å². The smallest absolute Gasteiger partial charge is 0.408 e. The van der Waals surface area contributed by atoms with Crippen molar-refractivity contribution in [3.8, 4) is 0 Å². The maximum absolute atomic E-state index is 13.4. The summed E-state index contributed by atoms with van der Waals surface area (Å²) in [5, 5.41) is 2.60. The number of hydrogen-bond acceptors (Lipinski definition) is 6. The molecule has 0 aliphatic heterocycles. The first-order chi connectivity index (χ1) is 16.6. The van der Waals surface area contributed by atoms with Gasteiger partial charge in [0.25, 0.3) is 0 Å². The molecule has 196 valence electrons. The summed E-state index contributed by atoms with van der Waals surface area (Å²) in [6.45, 7) is 5.10. The van der Waals surface area contributed by atoms with Gasteiger partial charge in [0, 0.05) is 19.9 Å². The highest BCUT2D eigenvalue weighted by Gasteiger charge is 2.32. The van der Waals surface area contributed by atoms with Crippen LogP contribution in [-0.2, 0) is 37.5 Å². The molecule has 0 spiro atoms. The molecular weight excluding hydrogens is 488 g/mol. The van der Waals surface area contributed by atoms with E-state index < -0.39 is 45.9 Å². The van der Waals surface area contributed by atoms with Crippen molar-refractivity contribution in [1.82, 2.24) is 10.2 Å². The number of nitrogens with one attached hydrogen (secondary N) is 2. The van der Waals surface area contributed by atoms with E-state index >= 15 is 0 Å². The summed E-state index contributed by atoms with van der Waals surface area (Å²) in [5.41, 5.74) is 6.32. The van der Waals surface area contributed by atoms with E-state index in [1.165, 1.54) is 36.2 Å². The first-order valence-corrected chi connectivity index (χ1v) is 12.5. The van der Waals surface area contributed by atoms with Crippen molar-refractivity contribution in [3.63, 3.8) is 0 Å². The van der Waals surface area contributed by atoms with Gasteiger partial charge in [-0.2, -0.15) is 8.42 Å².